The van der Waals surface area contributed by atoms with Gasteiger partial charge >= 0.3 is 6.09 Å². The summed E-state index contributed by atoms with van der Waals surface area (Å²) in [5.74, 6) is 0.520. The van der Waals surface area contributed by atoms with E-state index in [4.69, 9.17) is 4.74 Å². The van der Waals surface area contributed by atoms with E-state index >= 15 is 0 Å². The van der Waals surface area contributed by atoms with Crippen LogP contribution in [0, 0.1) is 5.92 Å². The number of carbonyl (C=O) groups excluding carboxylic acids is 1. The highest BCUT2D eigenvalue weighted by Gasteiger charge is 2.37. The van der Waals surface area contributed by atoms with E-state index in [9.17, 15) is 9.59 Å². The van der Waals surface area contributed by atoms with E-state index in [-0.39, 0.29) is 17.6 Å². The van der Waals surface area contributed by atoms with Gasteiger partial charge in [-0.1, -0.05) is 0 Å². The summed E-state index contributed by atoms with van der Waals surface area (Å²) in [6.07, 6.45) is 0.774. The third-order valence-electron chi connectivity index (χ3n) is 4.21. The Bertz CT molecular complexity index is 662. The first-order valence-electron chi connectivity index (χ1n) is 7.62. The molecule has 1 fully saturated rings. The Hall–Kier alpha value is -1.30. The normalized spacial score (nSPS) is 23.9. The largest absolute Gasteiger partial charge is 0.444 e. The molecule has 2 aliphatic heterocycles. The zero-order chi connectivity index (χ0) is 16.1. The Morgan fingerprint density at radius 2 is 2.00 bits per heavy atom. The Kier molecular flexibility index (Phi) is 3.83. The van der Waals surface area contributed by atoms with Gasteiger partial charge in [-0.25, -0.2) is 4.79 Å². The topological polar surface area (TPSA) is 51.5 Å². The fourth-order valence-corrected chi connectivity index (χ4v) is 3.74. The van der Waals surface area contributed by atoms with Gasteiger partial charge in [-0.15, -0.1) is 0 Å². The average molecular weight is 369 g/mol. The second kappa shape index (κ2) is 5.41. The van der Waals surface area contributed by atoms with Crippen LogP contribution in [0.4, 0.5) is 4.79 Å². The molecule has 0 spiro atoms. The summed E-state index contributed by atoms with van der Waals surface area (Å²) in [4.78, 5) is 26.4. The quantitative estimate of drug-likeness (QED) is 0.707. The van der Waals surface area contributed by atoms with Crippen LogP contribution in [0.3, 0.4) is 0 Å². The van der Waals surface area contributed by atoms with Crippen molar-refractivity contribution < 1.29 is 9.53 Å². The van der Waals surface area contributed by atoms with Crippen LogP contribution < -0.4 is 5.56 Å². The van der Waals surface area contributed by atoms with E-state index in [1.54, 1.807) is 11.0 Å². The Morgan fingerprint density at radius 1 is 1.27 bits per heavy atom. The molecule has 1 aromatic rings. The van der Waals surface area contributed by atoms with E-state index in [0.717, 1.165) is 12.1 Å². The predicted octanol–water partition coefficient (Wildman–Crippen LogP) is 2.97. The molecule has 0 radical (unpaired) electrons. The summed E-state index contributed by atoms with van der Waals surface area (Å²) >= 11 is 3.30. The molecule has 2 unspecified atom stereocenters. The summed E-state index contributed by atoms with van der Waals surface area (Å²) in [7, 11) is 0. The highest BCUT2D eigenvalue weighted by molar-refractivity contribution is 9.10. The molecule has 3 rings (SSSR count). The van der Waals surface area contributed by atoms with Gasteiger partial charge in [0.25, 0.3) is 5.56 Å². The maximum atomic E-state index is 12.3. The minimum atomic E-state index is -0.483. The van der Waals surface area contributed by atoms with Crippen LogP contribution in [0.5, 0.6) is 0 Å². The summed E-state index contributed by atoms with van der Waals surface area (Å²) in [6, 6.07) is 3.80. The molecule has 0 N–H and O–H groups in total. The van der Waals surface area contributed by atoms with Crippen molar-refractivity contribution in [3.8, 4) is 0 Å². The highest BCUT2D eigenvalue weighted by Crippen LogP contribution is 2.35. The fraction of sp³-hybridized carbons (Fsp3) is 0.625. The van der Waals surface area contributed by atoms with Gasteiger partial charge in [0.2, 0.25) is 0 Å². The molecule has 1 saturated heterocycles. The third-order valence-corrected chi connectivity index (χ3v) is 4.81. The molecular formula is C16H21BrN2O3. The number of aromatic nitrogens is 1. The van der Waals surface area contributed by atoms with Crippen LogP contribution in [0.1, 0.15) is 38.8 Å². The van der Waals surface area contributed by atoms with Crippen molar-refractivity contribution >= 4 is 22.0 Å². The summed E-state index contributed by atoms with van der Waals surface area (Å²) in [6.45, 7) is 7.58. The van der Waals surface area contributed by atoms with Crippen molar-refractivity contribution in [1.29, 1.82) is 0 Å². The first kappa shape index (κ1) is 15.6. The first-order valence-corrected chi connectivity index (χ1v) is 8.41. The molecular weight excluding hydrogens is 348 g/mol. The molecule has 1 aromatic heterocycles. The monoisotopic (exact) mass is 368 g/mol. The van der Waals surface area contributed by atoms with Crippen molar-refractivity contribution in [2.24, 2.45) is 5.92 Å². The molecule has 22 heavy (non-hydrogen) atoms. The molecule has 5 nitrogen and oxygen atoms in total. The number of halogens is 1. The standard InChI is InChI=1S/C16H21BrN2O3/c1-16(2,3)22-15(21)18-7-10-6-11(9-18)13-5-4-12(17)14(20)19(13)8-10/h4-5,10-11H,6-9H2,1-3H3. The second-order valence-electron chi connectivity index (χ2n) is 7.21. The number of rotatable bonds is 0. The molecule has 3 heterocycles. The summed E-state index contributed by atoms with van der Waals surface area (Å²) in [5, 5.41) is 0. The van der Waals surface area contributed by atoms with Gasteiger partial charge in [0.15, 0.2) is 0 Å². The molecule has 0 saturated carbocycles. The zero-order valence-corrected chi connectivity index (χ0v) is 14.7. The van der Waals surface area contributed by atoms with Gasteiger partial charge in [0.05, 0.1) is 4.47 Å². The molecule has 2 bridgehead atoms. The molecule has 0 aliphatic carbocycles. The van der Waals surface area contributed by atoms with Gasteiger partial charge in [-0.3, -0.25) is 4.79 Å². The van der Waals surface area contributed by atoms with Crippen LogP contribution >= 0.6 is 15.9 Å². The highest BCUT2D eigenvalue weighted by atomic mass is 79.9. The van der Waals surface area contributed by atoms with Gasteiger partial charge in [-0.05, 0) is 61.2 Å². The average Bonchev–Trinajstić information content (AvgIpc) is 2.41. The molecule has 1 amide bonds. The smallest absolute Gasteiger partial charge is 0.410 e. The third kappa shape index (κ3) is 2.93. The first-order chi connectivity index (χ1) is 10.2. The van der Waals surface area contributed by atoms with Gasteiger partial charge in [0, 0.05) is 31.2 Å². The van der Waals surface area contributed by atoms with E-state index in [1.165, 1.54) is 0 Å². The van der Waals surface area contributed by atoms with E-state index in [1.807, 2.05) is 31.4 Å². The Balaban J connectivity index is 1.84. The number of pyridine rings is 1. The fourth-order valence-electron chi connectivity index (χ4n) is 3.39. The van der Waals surface area contributed by atoms with Crippen molar-refractivity contribution in [1.82, 2.24) is 9.47 Å². The minimum absolute atomic E-state index is 0.0259. The lowest BCUT2D eigenvalue weighted by Gasteiger charge is -2.42. The van der Waals surface area contributed by atoms with Crippen molar-refractivity contribution in [2.45, 2.75) is 45.3 Å². The molecule has 0 aromatic carbocycles. The minimum Gasteiger partial charge on any atom is -0.444 e. The van der Waals surface area contributed by atoms with Crippen molar-refractivity contribution in [2.75, 3.05) is 13.1 Å². The molecule has 2 aliphatic rings. The van der Waals surface area contributed by atoms with Crippen LogP contribution in [-0.2, 0) is 11.3 Å². The maximum absolute atomic E-state index is 12.3. The van der Waals surface area contributed by atoms with Gasteiger partial charge < -0.3 is 14.2 Å². The van der Waals surface area contributed by atoms with Crippen LogP contribution in [-0.4, -0.2) is 34.3 Å². The van der Waals surface area contributed by atoms with Crippen molar-refractivity contribution in [3.05, 3.63) is 32.7 Å². The lowest BCUT2D eigenvalue weighted by Crippen LogP contribution is -2.50. The summed E-state index contributed by atoms with van der Waals surface area (Å²) in [5.41, 5.74) is 0.569. The molecule has 120 valence electrons. The van der Waals surface area contributed by atoms with Crippen molar-refractivity contribution in [3.63, 3.8) is 0 Å². The van der Waals surface area contributed by atoms with E-state index in [0.29, 0.717) is 30.0 Å². The number of ether oxygens (including phenoxy) is 1. The lowest BCUT2D eigenvalue weighted by atomic mass is 9.83. The number of hydrogen-bond acceptors (Lipinski definition) is 3. The predicted molar refractivity (Wildman–Crippen MR) is 87.1 cm³/mol. The zero-order valence-electron chi connectivity index (χ0n) is 13.1. The van der Waals surface area contributed by atoms with Crippen LogP contribution in [0.25, 0.3) is 0 Å². The number of piperidine rings is 1. The maximum Gasteiger partial charge on any atom is 0.410 e. The second-order valence-corrected chi connectivity index (χ2v) is 8.06. The lowest BCUT2D eigenvalue weighted by molar-refractivity contribution is 0.0102. The number of likely N-dealkylation sites (tertiary alicyclic amines) is 1. The number of fused-ring (bicyclic) bond motifs is 4. The number of hydrogen-bond donors (Lipinski definition) is 0. The number of amides is 1. The van der Waals surface area contributed by atoms with Crippen LogP contribution in [0.2, 0.25) is 0 Å². The van der Waals surface area contributed by atoms with Gasteiger partial charge in [0.1, 0.15) is 5.60 Å². The Morgan fingerprint density at radius 3 is 2.68 bits per heavy atom. The SMILES string of the molecule is CC(C)(C)OC(=O)N1CC2CC(C1)c1ccc(Br)c(=O)n1C2. The number of nitrogens with zero attached hydrogens (tertiary/aromatic N) is 2. The van der Waals surface area contributed by atoms with E-state index in [2.05, 4.69) is 15.9 Å². The van der Waals surface area contributed by atoms with Gasteiger partial charge in [-0.2, -0.15) is 0 Å². The Labute approximate surface area is 138 Å². The summed E-state index contributed by atoms with van der Waals surface area (Å²) < 4.78 is 7.94. The number of carbonyl (C=O) groups is 1. The van der Waals surface area contributed by atoms with E-state index < -0.39 is 5.60 Å². The molecule has 6 heteroatoms. The van der Waals surface area contributed by atoms with Crippen LogP contribution in [0.15, 0.2) is 21.4 Å². The molecule has 2 atom stereocenters.